The minimum Gasteiger partial charge on any atom is -0.493 e. The Morgan fingerprint density at radius 3 is 2.60 bits per heavy atom. The van der Waals surface area contributed by atoms with Gasteiger partial charge in [0.05, 0.1) is 13.7 Å². The topological polar surface area (TPSA) is 64.6 Å². The Morgan fingerprint density at radius 1 is 1.07 bits per heavy atom. The number of hydrogen-bond acceptors (Lipinski definition) is 4. The van der Waals surface area contributed by atoms with Gasteiger partial charge in [0.15, 0.2) is 17.3 Å². The lowest BCUT2D eigenvalue weighted by Gasteiger charge is -2.35. The Morgan fingerprint density at radius 2 is 1.87 bits per heavy atom. The van der Waals surface area contributed by atoms with Gasteiger partial charge in [-0.1, -0.05) is 40.2 Å². The Balaban J connectivity index is 1.69. The molecule has 0 saturated carbocycles. The molecule has 30 heavy (non-hydrogen) atoms. The molecule has 2 aromatic rings. The molecule has 1 amide bonds. The van der Waals surface area contributed by atoms with Crippen LogP contribution >= 0.6 is 15.9 Å². The van der Waals surface area contributed by atoms with Crippen LogP contribution in [-0.4, -0.2) is 25.4 Å². The summed E-state index contributed by atoms with van der Waals surface area (Å²) in [7, 11) is 1.61. The fourth-order valence-electron chi connectivity index (χ4n) is 4.43. The molecule has 1 N–H and O–H groups in total. The van der Waals surface area contributed by atoms with Gasteiger partial charge in [0.1, 0.15) is 0 Å². The van der Waals surface area contributed by atoms with Crippen molar-refractivity contribution in [2.45, 2.75) is 38.0 Å². The first-order chi connectivity index (χ1) is 14.5. The van der Waals surface area contributed by atoms with Crippen LogP contribution in [-0.2, 0) is 9.59 Å². The van der Waals surface area contributed by atoms with E-state index in [4.69, 9.17) is 9.47 Å². The van der Waals surface area contributed by atoms with Crippen molar-refractivity contribution in [3.8, 4) is 11.5 Å². The largest absolute Gasteiger partial charge is 0.493 e. The maximum atomic E-state index is 13.3. The fraction of sp³-hybridized carbons (Fsp3) is 0.333. The Labute approximate surface area is 184 Å². The number of ketones is 1. The van der Waals surface area contributed by atoms with Gasteiger partial charge in [0.25, 0.3) is 0 Å². The van der Waals surface area contributed by atoms with Gasteiger partial charge in [-0.2, -0.15) is 0 Å². The predicted octanol–water partition coefficient (Wildman–Crippen LogP) is 4.86. The van der Waals surface area contributed by atoms with Gasteiger partial charge in [-0.3, -0.25) is 9.59 Å². The number of benzene rings is 2. The molecule has 0 spiro atoms. The zero-order valence-electron chi connectivity index (χ0n) is 17.0. The predicted molar refractivity (Wildman–Crippen MR) is 118 cm³/mol. The first kappa shape index (κ1) is 20.7. The summed E-state index contributed by atoms with van der Waals surface area (Å²) in [6.45, 7) is 2.48. The molecule has 0 saturated heterocycles. The molecule has 0 fully saturated rings. The van der Waals surface area contributed by atoms with E-state index in [2.05, 4.69) is 21.2 Å². The molecule has 4 rings (SSSR count). The average molecular weight is 470 g/mol. The smallest absolute Gasteiger partial charge is 0.225 e. The first-order valence-corrected chi connectivity index (χ1v) is 10.9. The molecule has 1 aliphatic heterocycles. The van der Waals surface area contributed by atoms with Crippen LogP contribution in [0.1, 0.15) is 49.1 Å². The minimum absolute atomic E-state index is 0.0147. The lowest BCUT2D eigenvalue weighted by atomic mass is 9.73. The van der Waals surface area contributed by atoms with E-state index in [-0.39, 0.29) is 29.9 Å². The minimum atomic E-state index is -0.215. The molecule has 2 aromatic carbocycles. The summed E-state index contributed by atoms with van der Waals surface area (Å²) in [6.07, 6.45) is 1.31. The van der Waals surface area contributed by atoms with Crippen molar-refractivity contribution < 1.29 is 19.1 Å². The van der Waals surface area contributed by atoms with E-state index < -0.39 is 0 Å². The quantitative estimate of drug-likeness (QED) is 0.678. The number of nitrogens with one attached hydrogen (secondary N) is 1. The van der Waals surface area contributed by atoms with Gasteiger partial charge in [-0.25, -0.2) is 0 Å². The highest BCUT2D eigenvalue weighted by Gasteiger charge is 2.38. The van der Waals surface area contributed by atoms with Gasteiger partial charge < -0.3 is 14.8 Å². The van der Waals surface area contributed by atoms with Crippen LogP contribution in [0.2, 0.25) is 0 Å². The summed E-state index contributed by atoms with van der Waals surface area (Å²) >= 11 is 3.58. The third kappa shape index (κ3) is 3.88. The van der Waals surface area contributed by atoms with Gasteiger partial charge >= 0.3 is 0 Å². The second kappa shape index (κ2) is 8.64. The van der Waals surface area contributed by atoms with Gasteiger partial charge in [-0.15, -0.1) is 0 Å². The zero-order valence-corrected chi connectivity index (χ0v) is 18.6. The molecule has 2 atom stereocenters. The van der Waals surface area contributed by atoms with Gasteiger partial charge in [0.2, 0.25) is 5.91 Å². The van der Waals surface area contributed by atoms with Crippen molar-refractivity contribution in [3.05, 3.63) is 69.3 Å². The third-order valence-electron chi connectivity index (χ3n) is 5.78. The van der Waals surface area contributed by atoms with Crippen molar-refractivity contribution in [3.63, 3.8) is 0 Å². The van der Waals surface area contributed by atoms with E-state index in [1.54, 1.807) is 7.11 Å². The second-order valence-corrected chi connectivity index (χ2v) is 8.44. The summed E-state index contributed by atoms with van der Waals surface area (Å²) in [5.74, 6) is 1.15. The number of halogens is 1. The molecule has 5 nitrogen and oxygen atoms in total. The first-order valence-electron chi connectivity index (χ1n) is 10.1. The molecule has 0 radical (unpaired) electrons. The molecule has 156 valence electrons. The number of rotatable bonds is 5. The number of carbonyl (C=O) groups is 2. The zero-order chi connectivity index (χ0) is 21.3. The van der Waals surface area contributed by atoms with E-state index in [0.29, 0.717) is 30.9 Å². The Kier molecular flexibility index (Phi) is 5.95. The number of allylic oxidation sites excluding steroid dienone is 2. The highest BCUT2D eigenvalue weighted by atomic mass is 79.9. The molecular formula is C24H24BrNO4. The Bertz CT molecular complexity index is 1030. The van der Waals surface area contributed by atoms with E-state index in [9.17, 15) is 9.59 Å². The third-order valence-corrected chi connectivity index (χ3v) is 6.50. The highest BCUT2D eigenvalue weighted by Crippen LogP contribution is 2.45. The van der Waals surface area contributed by atoms with E-state index in [1.165, 1.54) is 0 Å². The summed E-state index contributed by atoms with van der Waals surface area (Å²) in [4.78, 5) is 25.7. The Hall–Kier alpha value is -2.60. The van der Waals surface area contributed by atoms with Crippen LogP contribution in [0.3, 0.4) is 0 Å². The lowest BCUT2D eigenvalue weighted by molar-refractivity contribution is -0.122. The molecule has 2 aliphatic rings. The van der Waals surface area contributed by atoms with Crippen LogP contribution in [0, 0.1) is 0 Å². The van der Waals surface area contributed by atoms with Crippen molar-refractivity contribution in [2.75, 3.05) is 13.7 Å². The second-order valence-electron chi connectivity index (χ2n) is 7.59. The van der Waals surface area contributed by atoms with E-state index >= 15 is 0 Å². The van der Waals surface area contributed by atoms with E-state index in [0.717, 1.165) is 26.9 Å². The number of carbonyl (C=O) groups excluding carboxylic acids is 2. The summed E-state index contributed by atoms with van der Waals surface area (Å²) in [6, 6.07) is 13.6. The van der Waals surface area contributed by atoms with Crippen LogP contribution in [0.5, 0.6) is 11.5 Å². The molecule has 1 aliphatic carbocycles. The van der Waals surface area contributed by atoms with Crippen LogP contribution in [0.15, 0.2) is 58.2 Å². The SMILES string of the molecule is CCOc1ccc(C2CC(=O)C3=C(C2)NC(=O)CC3c2ccccc2Br)cc1OC. The maximum Gasteiger partial charge on any atom is 0.225 e. The van der Waals surface area contributed by atoms with Crippen LogP contribution < -0.4 is 14.8 Å². The van der Waals surface area contributed by atoms with Crippen molar-refractivity contribution in [1.82, 2.24) is 5.32 Å². The van der Waals surface area contributed by atoms with Gasteiger partial charge in [0, 0.05) is 34.5 Å². The van der Waals surface area contributed by atoms with Crippen molar-refractivity contribution >= 4 is 27.6 Å². The number of hydrogen-bond donors (Lipinski definition) is 1. The van der Waals surface area contributed by atoms with Gasteiger partial charge in [-0.05, 0) is 48.6 Å². The summed E-state index contributed by atoms with van der Waals surface area (Å²) in [5.41, 5.74) is 3.48. The molecule has 2 unspecified atom stereocenters. The molecular weight excluding hydrogens is 446 g/mol. The molecule has 1 heterocycles. The highest BCUT2D eigenvalue weighted by molar-refractivity contribution is 9.10. The van der Waals surface area contributed by atoms with E-state index in [1.807, 2.05) is 49.4 Å². The molecule has 0 bridgehead atoms. The van der Waals surface area contributed by atoms with Crippen molar-refractivity contribution in [1.29, 1.82) is 0 Å². The normalized spacial score (nSPS) is 21.2. The number of Topliss-reactive ketones (excluding diaryl/α,β-unsaturated/α-hetero) is 1. The standard InChI is InChI=1S/C24H24BrNO4/c1-3-30-21-9-8-14(12-22(21)29-2)15-10-19-24(20(27)11-15)17(13-23(28)26-19)16-6-4-5-7-18(16)25/h4-9,12,15,17H,3,10-11,13H2,1-2H3,(H,26,28). The van der Waals surface area contributed by atoms with Crippen LogP contribution in [0.25, 0.3) is 0 Å². The maximum absolute atomic E-state index is 13.3. The number of amides is 1. The molecule has 0 aromatic heterocycles. The average Bonchev–Trinajstić information content (AvgIpc) is 2.73. The fourth-order valence-corrected chi connectivity index (χ4v) is 4.99. The monoisotopic (exact) mass is 469 g/mol. The lowest BCUT2D eigenvalue weighted by Crippen LogP contribution is -2.38. The van der Waals surface area contributed by atoms with Crippen LogP contribution in [0.4, 0.5) is 0 Å². The number of methoxy groups -OCH3 is 1. The summed E-state index contributed by atoms with van der Waals surface area (Å²) < 4.78 is 12.0. The summed E-state index contributed by atoms with van der Waals surface area (Å²) in [5, 5.41) is 2.98. The number of ether oxygens (including phenoxy) is 2. The molecule has 6 heteroatoms. The van der Waals surface area contributed by atoms with Crippen molar-refractivity contribution in [2.24, 2.45) is 0 Å².